The van der Waals surface area contributed by atoms with Crippen LogP contribution in [0.3, 0.4) is 0 Å². The van der Waals surface area contributed by atoms with Gasteiger partial charge in [-0.1, -0.05) is 0 Å². The van der Waals surface area contributed by atoms with Gasteiger partial charge in [0.15, 0.2) is 11.9 Å². The lowest BCUT2D eigenvalue weighted by molar-refractivity contribution is -0.0211. The molecule has 13 nitrogen and oxygen atoms in total. The minimum Gasteiger partial charge on any atom is -0.510 e. The summed E-state index contributed by atoms with van der Waals surface area (Å²) in [4.78, 5) is 35.9. The highest BCUT2D eigenvalue weighted by Gasteiger charge is 2.32. The number of aliphatic hydroxyl groups excluding tert-OH is 1. The topological polar surface area (TPSA) is 223 Å². The lowest BCUT2D eigenvalue weighted by atomic mass is 10.2. The molecule has 0 radical (unpaired) electrons. The molecule has 26 heavy (non-hydrogen) atoms. The first-order chi connectivity index (χ1) is 12.1. The number of aliphatic hydroxyl groups is 1. The van der Waals surface area contributed by atoms with E-state index in [0.717, 1.165) is 0 Å². The standard InChI is InChI=1S/C12H15N6O7P/c13-9(14)4-2-18(10-8(4)11(20)17-12(15)16-10)7-1-5(19)6(25-7)3-24-26(21,22)23/h1-2,6-7,19H,3H2,(H3,13,14)(H2,21,22,23)(H3,15,16,17,20). The molecule has 3 rings (SSSR count). The van der Waals surface area contributed by atoms with Crippen LogP contribution in [0.15, 0.2) is 22.8 Å². The number of fused-ring (bicyclic) bond motifs is 1. The Morgan fingerprint density at radius 1 is 1.54 bits per heavy atom. The molecule has 2 aromatic rings. The van der Waals surface area contributed by atoms with Crippen LogP contribution in [0, 0.1) is 5.41 Å². The molecule has 2 atom stereocenters. The molecule has 0 amide bonds. The summed E-state index contributed by atoms with van der Waals surface area (Å²) in [5.74, 6) is -0.893. The van der Waals surface area contributed by atoms with Crippen molar-refractivity contribution in [2.24, 2.45) is 5.73 Å². The van der Waals surface area contributed by atoms with Gasteiger partial charge >= 0.3 is 7.82 Å². The normalized spacial score (nSPS) is 20.5. The maximum absolute atomic E-state index is 12.1. The van der Waals surface area contributed by atoms with E-state index in [2.05, 4.69) is 14.5 Å². The second-order valence-corrected chi connectivity index (χ2v) is 6.65. The van der Waals surface area contributed by atoms with Crippen molar-refractivity contribution < 1.29 is 28.7 Å². The third-order valence-corrected chi connectivity index (χ3v) is 4.09. The first-order valence-corrected chi connectivity index (χ1v) is 8.61. The third kappa shape index (κ3) is 3.34. The van der Waals surface area contributed by atoms with Crippen LogP contribution >= 0.6 is 7.82 Å². The molecule has 2 aromatic heterocycles. The van der Waals surface area contributed by atoms with E-state index in [1.807, 2.05) is 0 Å². The van der Waals surface area contributed by atoms with E-state index >= 15 is 0 Å². The Bertz CT molecular complexity index is 1020. The highest BCUT2D eigenvalue weighted by atomic mass is 31.2. The fraction of sp³-hybridized carbons (Fsp3) is 0.250. The third-order valence-electron chi connectivity index (χ3n) is 3.61. The lowest BCUT2D eigenvalue weighted by Gasteiger charge is -2.16. The quantitative estimate of drug-likeness (QED) is 0.189. The summed E-state index contributed by atoms with van der Waals surface area (Å²) in [6.45, 7) is -0.599. The number of nitrogens with two attached hydrogens (primary N) is 2. The number of nitrogen functional groups attached to an aromatic ring is 2. The Hall–Kier alpha value is -2.70. The summed E-state index contributed by atoms with van der Waals surface area (Å²) in [6.07, 6.45) is 0.417. The highest BCUT2D eigenvalue weighted by molar-refractivity contribution is 7.46. The second-order valence-electron chi connectivity index (χ2n) is 5.41. The zero-order chi connectivity index (χ0) is 19.2. The van der Waals surface area contributed by atoms with Gasteiger partial charge in [0.25, 0.3) is 5.56 Å². The molecule has 0 fully saturated rings. The summed E-state index contributed by atoms with van der Waals surface area (Å²) in [5, 5.41) is 17.5. The number of nitrogens with one attached hydrogen (secondary N) is 2. The average Bonchev–Trinajstić information content (AvgIpc) is 3.05. The number of nitrogens with zero attached hydrogens (tertiary/aromatic N) is 2. The van der Waals surface area contributed by atoms with Gasteiger partial charge in [0.05, 0.1) is 12.0 Å². The summed E-state index contributed by atoms with van der Waals surface area (Å²) in [5.41, 5.74) is 10.6. The maximum atomic E-state index is 12.1. The van der Waals surface area contributed by atoms with Gasteiger partial charge < -0.3 is 35.7 Å². The highest BCUT2D eigenvalue weighted by Crippen LogP contribution is 2.38. The molecule has 140 valence electrons. The predicted molar refractivity (Wildman–Crippen MR) is 88.4 cm³/mol. The Morgan fingerprint density at radius 3 is 2.85 bits per heavy atom. The van der Waals surface area contributed by atoms with Gasteiger partial charge in [-0.3, -0.25) is 19.7 Å². The zero-order valence-electron chi connectivity index (χ0n) is 13.0. The van der Waals surface area contributed by atoms with Crippen LogP contribution in [0.2, 0.25) is 0 Å². The van der Waals surface area contributed by atoms with Crippen molar-refractivity contribution in [1.82, 2.24) is 14.5 Å². The van der Waals surface area contributed by atoms with Crippen molar-refractivity contribution in [3.63, 3.8) is 0 Å². The van der Waals surface area contributed by atoms with Crippen LogP contribution < -0.4 is 17.0 Å². The Labute approximate surface area is 144 Å². The van der Waals surface area contributed by atoms with Crippen molar-refractivity contribution in [1.29, 1.82) is 5.41 Å². The number of aromatic nitrogens is 3. The minimum absolute atomic E-state index is 0.0121. The molecule has 0 spiro atoms. The molecule has 14 heteroatoms. The van der Waals surface area contributed by atoms with Crippen molar-refractivity contribution in [2.45, 2.75) is 12.3 Å². The number of phosphoric acid groups is 1. The van der Waals surface area contributed by atoms with Gasteiger partial charge in [0, 0.05) is 17.8 Å². The smallest absolute Gasteiger partial charge is 0.469 e. The average molecular weight is 386 g/mol. The van der Waals surface area contributed by atoms with Gasteiger partial charge in [-0.15, -0.1) is 0 Å². The Kier molecular flexibility index (Phi) is 4.34. The van der Waals surface area contributed by atoms with Crippen LogP contribution in [-0.4, -0.2) is 48.0 Å². The SMILES string of the molecule is N=C(N)c1cn(C2C=C(O)C(COP(=O)(O)O)O2)c2nc(N)[nH]c(=O)c12. The van der Waals surface area contributed by atoms with Crippen molar-refractivity contribution >= 4 is 30.6 Å². The first-order valence-electron chi connectivity index (χ1n) is 7.08. The summed E-state index contributed by atoms with van der Waals surface area (Å²) in [6, 6.07) is 0. The number of amidine groups is 1. The molecule has 3 heterocycles. The number of H-pyrrole nitrogens is 1. The maximum Gasteiger partial charge on any atom is 0.469 e. The number of hydrogen-bond donors (Lipinski definition) is 7. The van der Waals surface area contributed by atoms with Crippen molar-refractivity contribution in [3.05, 3.63) is 33.9 Å². The van der Waals surface area contributed by atoms with Gasteiger partial charge in [-0.2, -0.15) is 4.98 Å². The number of anilines is 1. The van der Waals surface area contributed by atoms with Gasteiger partial charge in [-0.05, 0) is 0 Å². The van der Waals surface area contributed by atoms with E-state index in [-0.39, 0.29) is 28.3 Å². The van der Waals surface area contributed by atoms with Gasteiger partial charge in [-0.25, -0.2) is 4.57 Å². The van der Waals surface area contributed by atoms with Gasteiger partial charge in [0.1, 0.15) is 17.7 Å². The van der Waals surface area contributed by atoms with Crippen LogP contribution in [0.25, 0.3) is 11.0 Å². The van der Waals surface area contributed by atoms with E-state index in [1.54, 1.807) is 0 Å². The lowest BCUT2D eigenvalue weighted by Crippen LogP contribution is -2.20. The molecule has 1 aliphatic heterocycles. The molecule has 2 unspecified atom stereocenters. The monoisotopic (exact) mass is 386 g/mol. The Balaban J connectivity index is 2.00. The van der Waals surface area contributed by atoms with Crippen LogP contribution in [0.4, 0.5) is 5.95 Å². The van der Waals surface area contributed by atoms with E-state index in [4.69, 9.17) is 31.4 Å². The zero-order valence-corrected chi connectivity index (χ0v) is 13.9. The van der Waals surface area contributed by atoms with E-state index in [9.17, 15) is 14.5 Å². The number of aromatic amines is 1. The number of phosphoric ester groups is 1. The molecule has 9 N–H and O–H groups in total. The fourth-order valence-electron chi connectivity index (χ4n) is 2.54. The summed E-state index contributed by atoms with van der Waals surface area (Å²) in [7, 11) is -4.74. The number of hydrogen-bond acceptors (Lipinski definition) is 8. The molecule has 0 saturated carbocycles. The van der Waals surface area contributed by atoms with E-state index in [1.165, 1.54) is 16.8 Å². The molecule has 0 saturated heterocycles. The first kappa shape index (κ1) is 18.1. The molecule has 0 aromatic carbocycles. The predicted octanol–water partition coefficient (Wildman–Crippen LogP) is -0.961. The minimum atomic E-state index is -4.74. The van der Waals surface area contributed by atoms with Crippen molar-refractivity contribution in [2.75, 3.05) is 12.3 Å². The molecule has 0 bridgehead atoms. The van der Waals surface area contributed by atoms with Crippen molar-refractivity contribution in [3.8, 4) is 0 Å². The molecule has 0 aliphatic carbocycles. The fourth-order valence-corrected chi connectivity index (χ4v) is 2.87. The summed E-state index contributed by atoms with van der Waals surface area (Å²) < 4.78 is 21.9. The van der Waals surface area contributed by atoms with E-state index in [0.29, 0.717) is 0 Å². The van der Waals surface area contributed by atoms with Crippen LogP contribution in [0.1, 0.15) is 11.8 Å². The van der Waals surface area contributed by atoms with E-state index < -0.39 is 38.2 Å². The summed E-state index contributed by atoms with van der Waals surface area (Å²) >= 11 is 0. The number of rotatable bonds is 5. The number of ether oxygens (including phenoxy) is 1. The largest absolute Gasteiger partial charge is 0.510 e. The Morgan fingerprint density at radius 2 is 2.23 bits per heavy atom. The van der Waals surface area contributed by atoms with Gasteiger partial charge in [0.2, 0.25) is 5.95 Å². The van der Waals surface area contributed by atoms with Crippen LogP contribution in [0.5, 0.6) is 0 Å². The van der Waals surface area contributed by atoms with Crippen LogP contribution in [-0.2, 0) is 13.8 Å². The molecule has 1 aliphatic rings. The molecular weight excluding hydrogens is 371 g/mol. The second kappa shape index (κ2) is 6.23. The molecular formula is C12H15N6O7P.